The molecule has 0 atom stereocenters. The van der Waals surface area contributed by atoms with E-state index in [0.29, 0.717) is 0 Å². The molecule has 1 aromatic heterocycles. The maximum Gasteiger partial charge on any atom is 0.118 e. The van der Waals surface area contributed by atoms with Crippen LogP contribution in [-0.4, -0.2) is 22.1 Å². The molecule has 0 N–H and O–H groups in total. The summed E-state index contributed by atoms with van der Waals surface area (Å²) in [4.78, 5) is 0. The summed E-state index contributed by atoms with van der Waals surface area (Å²) in [6.45, 7) is 3.19. The van der Waals surface area contributed by atoms with Gasteiger partial charge in [-0.3, -0.25) is 4.68 Å². The normalized spacial score (nSPS) is 10.7. The Kier molecular flexibility index (Phi) is 5.59. The Morgan fingerprint density at radius 1 is 1.05 bits per heavy atom. The number of aryl methyl sites for hydroxylation is 1. The van der Waals surface area contributed by atoms with E-state index >= 15 is 0 Å². The predicted molar refractivity (Wildman–Crippen MR) is 80.8 cm³/mol. The number of methoxy groups -OCH3 is 1. The van der Waals surface area contributed by atoms with Crippen molar-refractivity contribution in [1.29, 1.82) is 0 Å². The van der Waals surface area contributed by atoms with Crippen LogP contribution in [0.15, 0.2) is 30.5 Å². The minimum atomic E-state index is 0.858. The zero-order valence-corrected chi connectivity index (χ0v) is 12.4. The average Bonchev–Trinajstić information content (AvgIpc) is 2.96. The quantitative estimate of drug-likeness (QED) is 0.684. The smallest absolute Gasteiger partial charge is 0.118 e. The minimum Gasteiger partial charge on any atom is -0.497 e. The second-order valence-electron chi connectivity index (χ2n) is 5.01. The third-order valence-electron chi connectivity index (χ3n) is 3.42. The molecule has 0 radical (unpaired) electrons. The lowest BCUT2D eigenvalue weighted by Gasteiger charge is -2.01. The van der Waals surface area contributed by atoms with Crippen molar-refractivity contribution in [2.24, 2.45) is 0 Å². The highest BCUT2D eigenvalue weighted by Gasteiger charge is 2.04. The molecule has 0 aliphatic carbocycles. The number of ether oxygens (including phenoxy) is 1. The minimum absolute atomic E-state index is 0.858. The van der Waals surface area contributed by atoms with Crippen molar-refractivity contribution in [1.82, 2.24) is 15.0 Å². The lowest BCUT2D eigenvalue weighted by molar-refractivity contribution is 0.415. The van der Waals surface area contributed by atoms with E-state index in [9.17, 15) is 0 Å². The predicted octanol–water partition coefficient (Wildman–Crippen LogP) is 3.92. The van der Waals surface area contributed by atoms with Gasteiger partial charge in [0.15, 0.2) is 0 Å². The molecule has 0 saturated carbocycles. The van der Waals surface area contributed by atoms with E-state index < -0.39 is 0 Å². The summed E-state index contributed by atoms with van der Waals surface area (Å²) in [5.74, 6) is 0.858. The van der Waals surface area contributed by atoms with Gasteiger partial charge in [-0.05, 0) is 30.7 Å². The molecule has 0 spiro atoms. The Labute approximate surface area is 120 Å². The third kappa shape index (κ3) is 4.08. The maximum absolute atomic E-state index is 5.15. The molecular formula is C16H23N3O. The molecule has 2 rings (SSSR count). The van der Waals surface area contributed by atoms with Gasteiger partial charge in [-0.15, -0.1) is 5.10 Å². The molecular weight excluding hydrogens is 250 g/mol. The molecule has 20 heavy (non-hydrogen) atoms. The summed E-state index contributed by atoms with van der Waals surface area (Å²) in [6, 6.07) is 7.90. The molecule has 0 amide bonds. The van der Waals surface area contributed by atoms with Crippen molar-refractivity contribution >= 4 is 0 Å². The van der Waals surface area contributed by atoms with E-state index in [2.05, 4.69) is 17.2 Å². The van der Waals surface area contributed by atoms with Crippen LogP contribution in [0, 0.1) is 0 Å². The molecule has 0 aliphatic rings. The van der Waals surface area contributed by atoms with Crippen molar-refractivity contribution in [2.75, 3.05) is 7.11 Å². The number of unbranched alkanes of at least 4 members (excludes halogenated alkanes) is 4. The fraction of sp³-hybridized carbons (Fsp3) is 0.500. The van der Waals surface area contributed by atoms with Crippen LogP contribution < -0.4 is 4.74 Å². The largest absolute Gasteiger partial charge is 0.497 e. The first kappa shape index (κ1) is 14.6. The molecule has 4 heteroatoms. The van der Waals surface area contributed by atoms with Gasteiger partial charge in [0.05, 0.1) is 13.3 Å². The second-order valence-corrected chi connectivity index (χ2v) is 5.01. The van der Waals surface area contributed by atoms with Crippen LogP contribution >= 0.6 is 0 Å². The van der Waals surface area contributed by atoms with Gasteiger partial charge in [0.2, 0.25) is 0 Å². The number of rotatable bonds is 8. The number of nitrogens with zero attached hydrogens (tertiary/aromatic N) is 3. The lowest BCUT2D eigenvalue weighted by atomic mass is 10.1. The van der Waals surface area contributed by atoms with Crippen LogP contribution in [0.25, 0.3) is 11.3 Å². The summed E-state index contributed by atoms with van der Waals surface area (Å²) in [5.41, 5.74) is 1.99. The summed E-state index contributed by atoms with van der Waals surface area (Å²) >= 11 is 0. The standard InChI is InChI=1S/C16H23N3O/c1-3-4-5-6-7-12-19-13-16(17-18-19)14-8-10-15(20-2)11-9-14/h8-11,13H,3-7,12H2,1-2H3. The Bertz CT molecular complexity index is 505. The van der Waals surface area contributed by atoms with Gasteiger partial charge < -0.3 is 4.74 Å². The number of benzene rings is 1. The highest BCUT2D eigenvalue weighted by Crippen LogP contribution is 2.20. The van der Waals surface area contributed by atoms with E-state index in [1.807, 2.05) is 35.1 Å². The maximum atomic E-state index is 5.15. The fourth-order valence-electron chi connectivity index (χ4n) is 2.18. The van der Waals surface area contributed by atoms with Gasteiger partial charge in [0.25, 0.3) is 0 Å². The number of aromatic nitrogens is 3. The SMILES string of the molecule is CCCCCCCn1cc(-c2ccc(OC)cc2)nn1. The van der Waals surface area contributed by atoms with Crippen LogP contribution in [0.4, 0.5) is 0 Å². The van der Waals surface area contributed by atoms with E-state index in [1.54, 1.807) is 7.11 Å². The monoisotopic (exact) mass is 273 g/mol. The Morgan fingerprint density at radius 2 is 1.80 bits per heavy atom. The molecule has 0 unspecified atom stereocenters. The van der Waals surface area contributed by atoms with Gasteiger partial charge in [0, 0.05) is 12.1 Å². The molecule has 0 saturated heterocycles. The van der Waals surface area contributed by atoms with Crippen molar-refractivity contribution in [3.63, 3.8) is 0 Å². The van der Waals surface area contributed by atoms with Crippen molar-refractivity contribution < 1.29 is 4.74 Å². The zero-order chi connectivity index (χ0) is 14.2. The average molecular weight is 273 g/mol. The van der Waals surface area contributed by atoms with Gasteiger partial charge in [-0.2, -0.15) is 0 Å². The molecule has 108 valence electrons. The van der Waals surface area contributed by atoms with E-state index in [4.69, 9.17) is 4.74 Å². The van der Waals surface area contributed by atoms with Crippen molar-refractivity contribution in [3.05, 3.63) is 30.5 Å². The Balaban J connectivity index is 1.87. The van der Waals surface area contributed by atoms with Crippen LogP contribution in [0.2, 0.25) is 0 Å². The topological polar surface area (TPSA) is 39.9 Å². The first-order valence-electron chi connectivity index (χ1n) is 7.38. The van der Waals surface area contributed by atoms with Crippen LogP contribution in [0.5, 0.6) is 5.75 Å². The van der Waals surface area contributed by atoms with E-state index in [0.717, 1.165) is 23.6 Å². The number of hydrogen-bond donors (Lipinski definition) is 0. The van der Waals surface area contributed by atoms with Gasteiger partial charge in [0.1, 0.15) is 11.4 Å². The van der Waals surface area contributed by atoms with Gasteiger partial charge in [-0.25, -0.2) is 0 Å². The molecule has 4 nitrogen and oxygen atoms in total. The molecule has 1 aromatic carbocycles. The molecule has 0 aliphatic heterocycles. The molecule has 2 aromatic rings. The number of hydrogen-bond acceptors (Lipinski definition) is 3. The highest BCUT2D eigenvalue weighted by molar-refractivity contribution is 5.58. The van der Waals surface area contributed by atoms with Crippen LogP contribution in [0.3, 0.4) is 0 Å². The van der Waals surface area contributed by atoms with Crippen molar-refractivity contribution in [3.8, 4) is 17.0 Å². The molecule has 0 fully saturated rings. The first-order valence-corrected chi connectivity index (χ1v) is 7.38. The Morgan fingerprint density at radius 3 is 2.50 bits per heavy atom. The van der Waals surface area contributed by atoms with Crippen LogP contribution in [0.1, 0.15) is 39.0 Å². The zero-order valence-electron chi connectivity index (χ0n) is 12.4. The van der Waals surface area contributed by atoms with Crippen LogP contribution in [-0.2, 0) is 6.54 Å². The second kappa shape index (κ2) is 7.68. The Hall–Kier alpha value is -1.84. The first-order chi connectivity index (χ1) is 9.83. The lowest BCUT2D eigenvalue weighted by Crippen LogP contribution is -1.98. The van der Waals surface area contributed by atoms with Gasteiger partial charge >= 0.3 is 0 Å². The van der Waals surface area contributed by atoms with E-state index in [1.165, 1.54) is 32.1 Å². The van der Waals surface area contributed by atoms with E-state index in [-0.39, 0.29) is 0 Å². The van der Waals surface area contributed by atoms with Crippen molar-refractivity contribution in [2.45, 2.75) is 45.6 Å². The van der Waals surface area contributed by atoms with Gasteiger partial charge in [-0.1, -0.05) is 37.8 Å². The highest BCUT2D eigenvalue weighted by atomic mass is 16.5. The molecule has 0 bridgehead atoms. The summed E-state index contributed by atoms with van der Waals surface area (Å²) in [5, 5.41) is 8.42. The summed E-state index contributed by atoms with van der Waals surface area (Å²) in [7, 11) is 1.67. The molecule has 1 heterocycles. The summed E-state index contributed by atoms with van der Waals surface area (Å²) in [6.07, 6.45) is 8.38. The fourth-order valence-corrected chi connectivity index (χ4v) is 2.18. The summed E-state index contributed by atoms with van der Waals surface area (Å²) < 4.78 is 7.09. The third-order valence-corrected chi connectivity index (χ3v) is 3.42.